The fourth-order valence-corrected chi connectivity index (χ4v) is 6.20. The highest BCUT2D eigenvalue weighted by atomic mass is 16.5. The van der Waals surface area contributed by atoms with E-state index < -0.39 is 0 Å². The van der Waals surface area contributed by atoms with E-state index in [9.17, 15) is 4.79 Å². The molecule has 130 valence electrons. The first-order valence-electron chi connectivity index (χ1n) is 9.32. The molecular formula is C21H24N2O2. The highest BCUT2D eigenvalue weighted by Crippen LogP contribution is 2.64. The molecule has 0 aromatic heterocycles. The zero-order chi connectivity index (χ0) is 17.2. The number of esters is 1. The van der Waals surface area contributed by atoms with Crippen LogP contribution < -0.4 is 5.32 Å². The average Bonchev–Trinajstić information content (AvgIpc) is 3.21. The van der Waals surface area contributed by atoms with Crippen LogP contribution in [-0.4, -0.2) is 43.2 Å². The van der Waals surface area contributed by atoms with Crippen molar-refractivity contribution < 1.29 is 9.53 Å². The Morgan fingerprint density at radius 1 is 1.40 bits per heavy atom. The molecule has 4 nitrogen and oxygen atoms in total. The van der Waals surface area contributed by atoms with E-state index in [0.717, 1.165) is 44.0 Å². The summed E-state index contributed by atoms with van der Waals surface area (Å²) in [5, 5.41) is 5.06. The fraction of sp³-hybridized carbons (Fsp3) is 0.524. The molecule has 1 saturated carbocycles. The maximum absolute atomic E-state index is 12.7. The van der Waals surface area contributed by atoms with Crippen LogP contribution in [-0.2, 0) is 14.9 Å². The van der Waals surface area contributed by atoms with Crippen LogP contribution in [0.15, 0.2) is 36.4 Å². The third-order valence-corrected chi connectivity index (χ3v) is 7.12. The SMILES string of the molecule is CC[C@]12C=CCN3CC[C@@]4(c5ccccc5[N][C@H]4[C](C(=O)OC)C1)[C@@H]32. The molecule has 5 rings (SSSR count). The maximum Gasteiger partial charge on any atom is 0.315 e. The molecule has 25 heavy (non-hydrogen) atoms. The third-order valence-electron chi connectivity index (χ3n) is 7.12. The molecule has 2 fully saturated rings. The first-order chi connectivity index (χ1) is 12.2. The second-order valence-corrected chi connectivity index (χ2v) is 7.92. The molecule has 3 heterocycles. The van der Waals surface area contributed by atoms with Crippen LogP contribution in [0.5, 0.6) is 0 Å². The van der Waals surface area contributed by atoms with Crippen LogP contribution in [0.2, 0.25) is 0 Å². The lowest BCUT2D eigenvalue weighted by atomic mass is 9.51. The van der Waals surface area contributed by atoms with Crippen LogP contribution in [0, 0.1) is 11.3 Å². The molecular weight excluding hydrogens is 312 g/mol. The number of hydrogen-bond donors (Lipinski definition) is 0. The van der Waals surface area contributed by atoms with E-state index in [-0.39, 0.29) is 22.8 Å². The predicted molar refractivity (Wildman–Crippen MR) is 95.4 cm³/mol. The Labute approximate surface area is 149 Å². The molecule has 1 aromatic rings. The second kappa shape index (κ2) is 5.10. The van der Waals surface area contributed by atoms with E-state index in [0.29, 0.717) is 6.04 Å². The van der Waals surface area contributed by atoms with E-state index in [1.54, 1.807) is 0 Å². The fourth-order valence-electron chi connectivity index (χ4n) is 6.20. The van der Waals surface area contributed by atoms with E-state index in [1.165, 1.54) is 12.7 Å². The summed E-state index contributed by atoms with van der Waals surface area (Å²) in [6.07, 6.45) is 7.54. The van der Waals surface area contributed by atoms with Crippen LogP contribution in [0.3, 0.4) is 0 Å². The number of fused-ring (bicyclic) bond motifs is 1. The Bertz CT molecular complexity index is 760. The monoisotopic (exact) mass is 336 g/mol. The molecule has 1 spiro atoms. The van der Waals surface area contributed by atoms with Crippen LogP contribution in [0.4, 0.5) is 5.69 Å². The van der Waals surface area contributed by atoms with Crippen molar-refractivity contribution in [3.8, 4) is 0 Å². The van der Waals surface area contributed by atoms with E-state index in [4.69, 9.17) is 10.1 Å². The molecule has 2 radical (unpaired) electrons. The summed E-state index contributed by atoms with van der Waals surface area (Å²) in [5.41, 5.74) is 2.32. The highest BCUT2D eigenvalue weighted by molar-refractivity contribution is 5.88. The highest BCUT2D eigenvalue weighted by Gasteiger charge is 2.70. The van der Waals surface area contributed by atoms with Gasteiger partial charge in [0, 0.05) is 23.4 Å². The standard InChI is InChI=1S/C21H24N2O2/c1-3-20-9-6-11-23-12-10-21(19(20)23)15-7-4-5-8-16(15)22-17(21)14(13-20)18(24)25-2/h4-9,17,19H,3,10-13H2,1-2H3/t17-,19-,20-,21-/m0/s1. The normalized spacial score (nSPS) is 38.6. The van der Waals surface area contributed by atoms with Crippen molar-refractivity contribution in [2.75, 3.05) is 20.2 Å². The number of carbonyl (C=O) groups is 1. The smallest absolute Gasteiger partial charge is 0.315 e. The maximum atomic E-state index is 12.7. The van der Waals surface area contributed by atoms with Gasteiger partial charge in [-0.1, -0.05) is 37.3 Å². The number of rotatable bonds is 2. The Morgan fingerprint density at radius 2 is 2.24 bits per heavy atom. The molecule has 1 saturated heterocycles. The van der Waals surface area contributed by atoms with Gasteiger partial charge in [0.15, 0.2) is 0 Å². The zero-order valence-corrected chi connectivity index (χ0v) is 14.9. The van der Waals surface area contributed by atoms with Crippen LogP contribution >= 0.6 is 0 Å². The lowest BCUT2D eigenvalue weighted by molar-refractivity contribution is -0.141. The summed E-state index contributed by atoms with van der Waals surface area (Å²) in [7, 11) is 1.49. The van der Waals surface area contributed by atoms with Crippen LogP contribution in [0.25, 0.3) is 0 Å². The minimum Gasteiger partial charge on any atom is -0.468 e. The first kappa shape index (κ1) is 15.4. The summed E-state index contributed by atoms with van der Waals surface area (Å²) in [5.74, 6) is 0.690. The number of hydrogen-bond acceptors (Lipinski definition) is 3. The lowest BCUT2D eigenvalue weighted by Gasteiger charge is -2.57. The van der Waals surface area contributed by atoms with Crippen molar-refractivity contribution in [3.05, 3.63) is 47.9 Å². The van der Waals surface area contributed by atoms with Crippen molar-refractivity contribution in [1.82, 2.24) is 10.2 Å². The Balaban J connectivity index is 1.75. The molecule has 1 aromatic carbocycles. The summed E-state index contributed by atoms with van der Waals surface area (Å²) < 4.78 is 5.20. The van der Waals surface area contributed by atoms with Gasteiger partial charge in [0.25, 0.3) is 0 Å². The van der Waals surface area contributed by atoms with E-state index in [1.807, 2.05) is 0 Å². The molecule has 0 amide bonds. The summed E-state index contributed by atoms with van der Waals surface area (Å²) >= 11 is 0. The van der Waals surface area contributed by atoms with E-state index >= 15 is 0 Å². The van der Waals surface area contributed by atoms with Gasteiger partial charge in [0.05, 0.1) is 18.8 Å². The molecule has 0 N–H and O–H groups in total. The summed E-state index contributed by atoms with van der Waals surface area (Å²) in [6, 6.07) is 8.86. The van der Waals surface area contributed by atoms with Crippen LogP contribution in [0.1, 0.15) is 31.7 Å². The summed E-state index contributed by atoms with van der Waals surface area (Å²) in [4.78, 5) is 15.3. The third kappa shape index (κ3) is 1.74. The van der Waals surface area contributed by atoms with Crippen molar-refractivity contribution in [1.29, 1.82) is 0 Å². The number of benzene rings is 1. The Morgan fingerprint density at radius 3 is 3.04 bits per heavy atom. The van der Waals surface area contributed by atoms with Gasteiger partial charge in [-0.3, -0.25) is 15.0 Å². The molecule has 4 atom stereocenters. The van der Waals surface area contributed by atoms with Gasteiger partial charge in [-0.15, -0.1) is 0 Å². The van der Waals surface area contributed by atoms with Gasteiger partial charge in [-0.05, 0) is 37.4 Å². The molecule has 0 bridgehead atoms. The number of para-hydroxylation sites is 1. The van der Waals surface area contributed by atoms with Gasteiger partial charge >= 0.3 is 5.97 Å². The van der Waals surface area contributed by atoms with Crippen molar-refractivity contribution in [3.63, 3.8) is 0 Å². The molecule has 3 aliphatic heterocycles. The first-order valence-corrected chi connectivity index (χ1v) is 9.32. The zero-order valence-electron chi connectivity index (χ0n) is 14.9. The Hall–Kier alpha value is -1.81. The quantitative estimate of drug-likeness (QED) is 0.616. The average molecular weight is 336 g/mol. The van der Waals surface area contributed by atoms with Crippen molar-refractivity contribution >= 4 is 11.7 Å². The van der Waals surface area contributed by atoms with E-state index in [2.05, 4.69) is 48.2 Å². The number of carbonyl (C=O) groups excluding carboxylic acids is 1. The van der Waals surface area contributed by atoms with Gasteiger partial charge in [0.2, 0.25) is 0 Å². The number of nitrogens with zero attached hydrogens (tertiary/aromatic N) is 2. The van der Waals surface area contributed by atoms with Gasteiger partial charge in [0.1, 0.15) is 5.92 Å². The topological polar surface area (TPSA) is 43.6 Å². The predicted octanol–water partition coefficient (Wildman–Crippen LogP) is 2.73. The number of ether oxygens (including phenoxy) is 1. The molecule has 4 aliphatic rings. The largest absolute Gasteiger partial charge is 0.468 e. The summed E-state index contributed by atoms with van der Waals surface area (Å²) in [6.45, 7) is 4.34. The molecule has 4 heteroatoms. The minimum atomic E-state index is -0.176. The molecule has 1 aliphatic carbocycles. The molecule has 0 unspecified atom stereocenters. The number of methoxy groups -OCH3 is 1. The van der Waals surface area contributed by atoms with Crippen molar-refractivity contribution in [2.45, 2.75) is 43.7 Å². The Kier molecular flexibility index (Phi) is 3.15. The lowest BCUT2D eigenvalue weighted by Crippen LogP contribution is -2.65. The van der Waals surface area contributed by atoms with Gasteiger partial charge < -0.3 is 4.74 Å². The van der Waals surface area contributed by atoms with Crippen molar-refractivity contribution in [2.24, 2.45) is 5.41 Å². The minimum absolute atomic E-state index is 0.00173. The van der Waals surface area contributed by atoms with Gasteiger partial charge in [-0.2, -0.15) is 0 Å². The second-order valence-electron chi connectivity index (χ2n) is 7.92. The van der Waals surface area contributed by atoms with Gasteiger partial charge in [-0.25, -0.2) is 0 Å².